The van der Waals surface area contributed by atoms with E-state index in [1.54, 1.807) is 7.11 Å². The maximum absolute atomic E-state index is 10.6. The molecule has 0 spiro atoms. The highest BCUT2D eigenvalue weighted by molar-refractivity contribution is 5.31. The van der Waals surface area contributed by atoms with Gasteiger partial charge < -0.3 is 9.84 Å². The summed E-state index contributed by atoms with van der Waals surface area (Å²) in [7, 11) is 1.72. The molecule has 1 N–H and O–H groups in total. The van der Waals surface area contributed by atoms with Gasteiger partial charge in [0, 0.05) is 6.42 Å². The molecule has 0 aromatic heterocycles. The van der Waals surface area contributed by atoms with Gasteiger partial charge in [-0.05, 0) is 79.4 Å². The van der Waals surface area contributed by atoms with Crippen molar-refractivity contribution in [3.05, 3.63) is 11.3 Å². The van der Waals surface area contributed by atoms with E-state index in [9.17, 15) is 10.4 Å². The Kier molecular flexibility index (Phi) is 3.77. The molecule has 3 nitrogen and oxygen atoms in total. The third kappa shape index (κ3) is 2.05. The Hall–Kier alpha value is -1.01. The summed E-state index contributed by atoms with van der Waals surface area (Å²) >= 11 is 0. The van der Waals surface area contributed by atoms with Crippen LogP contribution in [0.15, 0.2) is 11.3 Å². The minimum absolute atomic E-state index is 0.102. The normalized spacial score (nSPS) is 50.5. The van der Waals surface area contributed by atoms with E-state index in [0.29, 0.717) is 17.8 Å². The predicted octanol–water partition coefficient (Wildman–Crippen LogP) is 4.42. The molecule has 4 aliphatic rings. The molecular weight excluding hydrogens is 298 g/mol. The van der Waals surface area contributed by atoms with E-state index >= 15 is 0 Å². The Morgan fingerprint density at radius 1 is 1.08 bits per heavy atom. The summed E-state index contributed by atoms with van der Waals surface area (Å²) in [5, 5.41) is 20.1. The number of hydrogen-bond donors (Lipinski definition) is 1. The lowest BCUT2D eigenvalue weighted by Crippen LogP contribution is -2.53. The number of methoxy groups -OCH3 is 1. The average molecular weight is 329 g/mol. The third-order valence-corrected chi connectivity index (χ3v) is 8.72. The standard InChI is InChI=1S/C21H31NO2/c1-20-9-8-17-15(16(20)6-7-19(20)23)5-4-14-10-18(24-3)13(12-22)11-21(14,17)2/h14-17,19,23H,4-11H2,1-3H3/t14-,15-,16-,17-,19-,20-,21-/m0/s1. The molecule has 4 aliphatic carbocycles. The molecule has 3 fully saturated rings. The van der Waals surface area contributed by atoms with Crippen molar-refractivity contribution in [2.45, 2.75) is 71.3 Å². The number of ether oxygens (including phenoxy) is 1. The van der Waals surface area contributed by atoms with E-state index in [1.165, 1.54) is 25.7 Å². The Bertz CT molecular complexity index is 605. The topological polar surface area (TPSA) is 53.2 Å². The monoisotopic (exact) mass is 329 g/mol. The molecule has 0 unspecified atom stereocenters. The molecule has 0 aromatic carbocycles. The fourth-order valence-corrected chi connectivity index (χ4v) is 7.25. The van der Waals surface area contributed by atoms with Crippen LogP contribution >= 0.6 is 0 Å². The zero-order valence-electron chi connectivity index (χ0n) is 15.3. The molecule has 0 aromatic rings. The van der Waals surface area contributed by atoms with Crippen LogP contribution in [0.25, 0.3) is 0 Å². The van der Waals surface area contributed by atoms with Crippen molar-refractivity contribution in [1.29, 1.82) is 5.26 Å². The second-order valence-electron chi connectivity index (χ2n) is 9.39. The van der Waals surface area contributed by atoms with Crippen LogP contribution in [0.3, 0.4) is 0 Å². The average Bonchev–Trinajstić information content (AvgIpc) is 2.88. The maximum Gasteiger partial charge on any atom is 0.109 e. The van der Waals surface area contributed by atoms with Crippen molar-refractivity contribution in [3.63, 3.8) is 0 Å². The lowest BCUT2D eigenvalue weighted by atomic mass is 9.45. The lowest BCUT2D eigenvalue weighted by molar-refractivity contribution is -0.113. The van der Waals surface area contributed by atoms with Crippen molar-refractivity contribution in [3.8, 4) is 6.07 Å². The van der Waals surface area contributed by atoms with Crippen LogP contribution in [0.5, 0.6) is 0 Å². The minimum atomic E-state index is -0.102. The van der Waals surface area contributed by atoms with Crippen LogP contribution in [0.1, 0.15) is 65.2 Å². The number of aliphatic hydroxyl groups is 1. The van der Waals surface area contributed by atoms with Gasteiger partial charge in [0.1, 0.15) is 5.76 Å². The number of nitrogens with zero attached hydrogens (tertiary/aromatic N) is 1. The summed E-state index contributed by atoms with van der Waals surface area (Å²) in [5.74, 6) is 3.73. The fraction of sp³-hybridized carbons (Fsp3) is 0.857. The molecule has 3 saturated carbocycles. The smallest absolute Gasteiger partial charge is 0.109 e. The second kappa shape index (κ2) is 5.49. The van der Waals surface area contributed by atoms with Gasteiger partial charge in [-0.3, -0.25) is 0 Å². The van der Waals surface area contributed by atoms with Gasteiger partial charge in [-0.1, -0.05) is 13.8 Å². The molecule has 3 heteroatoms. The van der Waals surface area contributed by atoms with Gasteiger partial charge in [-0.25, -0.2) is 0 Å². The molecule has 132 valence electrons. The number of aliphatic hydroxyl groups excluding tert-OH is 1. The van der Waals surface area contributed by atoms with E-state index in [2.05, 4.69) is 19.9 Å². The number of hydrogen-bond acceptors (Lipinski definition) is 3. The quantitative estimate of drug-likeness (QED) is 0.774. The van der Waals surface area contributed by atoms with Crippen LogP contribution in [0.4, 0.5) is 0 Å². The van der Waals surface area contributed by atoms with Crippen LogP contribution in [0, 0.1) is 45.8 Å². The molecule has 4 rings (SSSR count). The van der Waals surface area contributed by atoms with Gasteiger partial charge in [-0.2, -0.15) is 5.26 Å². The molecule has 24 heavy (non-hydrogen) atoms. The third-order valence-electron chi connectivity index (χ3n) is 8.72. The van der Waals surface area contributed by atoms with Crippen LogP contribution < -0.4 is 0 Å². The highest BCUT2D eigenvalue weighted by atomic mass is 16.5. The second-order valence-corrected chi connectivity index (χ2v) is 9.39. The lowest BCUT2D eigenvalue weighted by Gasteiger charge is -2.59. The van der Waals surface area contributed by atoms with Crippen LogP contribution in [-0.2, 0) is 4.74 Å². The Morgan fingerprint density at radius 2 is 1.83 bits per heavy atom. The fourth-order valence-electron chi connectivity index (χ4n) is 7.25. The number of allylic oxidation sites excluding steroid dienone is 2. The molecule has 0 saturated heterocycles. The van der Waals surface area contributed by atoms with Crippen molar-refractivity contribution >= 4 is 0 Å². The first kappa shape index (κ1) is 16.5. The summed E-state index contributed by atoms with van der Waals surface area (Å²) in [6, 6.07) is 2.43. The zero-order valence-corrected chi connectivity index (χ0v) is 15.3. The van der Waals surface area contributed by atoms with Gasteiger partial charge in [0.25, 0.3) is 0 Å². The summed E-state index contributed by atoms with van der Waals surface area (Å²) in [6.45, 7) is 4.79. The molecule has 7 atom stereocenters. The summed E-state index contributed by atoms with van der Waals surface area (Å²) in [6.07, 6.45) is 8.87. The molecule has 0 aliphatic heterocycles. The molecule has 0 heterocycles. The van der Waals surface area contributed by atoms with E-state index in [-0.39, 0.29) is 16.9 Å². The highest BCUT2D eigenvalue weighted by Gasteiger charge is 2.60. The maximum atomic E-state index is 10.6. The predicted molar refractivity (Wildman–Crippen MR) is 92.8 cm³/mol. The van der Waals surface area contributed by atoms with Gasteiger partial charge in [0.15, 0.2) is 0 Å². The first-order valence-electron chi connectivity index (χ1n) is 9.78. The molecular formula is C21H31NO2. The first-order valence-corrected chi connectivity index (χ1v) is 9.78. The number of rotatable bonds is 1. The molecule has 0 amide bonds. The van der Waals surface area contributed by atoms with Gasteiger partial charge >= 0.3 is 0 Å². The summed E-state index contributed by atoms with van der Waals surface area (Å²) in [5.41, 5.74) is 1.27. The highest BCUT2D eigenvalue weighted by Crippen LogP contribution is 2.66. The summed E-state index contributed by atoms with van der Waals surface area (Å²) in [4.78, 5) is 0. The van der Waals surface area contributed by atoms with Crippen LogP contribution in [0.2, 0.25) is 0 Å². The molecule has 0 bridgehead atoms. The Labute approximate surface area is 146 Å². The van der Waals surface area contributed by atoms with E-state index in [4.69, 9.17) is 4.74 Å². The number of nitriles is 1. The minimum Gasteiger partial charge on any atom is -0.500 e. The SMILES string of the molecule is COC1=C(C#N)C[C@@]2(C)[C@@H](CC[C@@H]3[C@@H]2CC[C@]2(C)[C@@H](O)CC[C@@H]32)C1. The van der Waals surface area contributed by atoms with Crippen molar-refractivity contribution in [2.24, 2.45) is 34.5 Å². The Morgan fingerprint density at radius 3 is 2.54 bits per heavy atom. The summed E-state index contributed by atoms with van der Waals surface area (Å²) < 4.78 is 5.55. The Balaban J connectivity index is 1.67. The van der Waals surface area contributed by atoms with Crippen molar-refractivity contribution in [2.75, 3.05) is 7.11 Å². The van der Waals surface area contributed by atoms with Crippen molar-refractivity contribution in [1.82, 2.24) is 0 Å². The largest absolute Gasteiger partial charge is 0.500 e. The zero-order chi connectivity index (χ0) is 17.1. The van der Waals surface area contributed by atoms with E-state index in [1.807, 2.05) is 0 Å². The van der Waals surface area contributed by atoms with Gasteiger partial charge in [0.05, 0.1) is 24.9 Å². The first-order chi connectivity index (χ1) is 11.4. The van der Waals surface area contributed by atoms with Crippen LogP contribution in [-0.4, -0.2) is 18.3 Å². The van der Waals surface area contributed by atoms with Gasteiger partial charge in [0.2, 0.25) is 0 Å². The van der Waals surface area contributed by atoms with Gasteiger partial charge in [-0.15, -0.1) is 0 Å². The number of fused-ring (bicyclic) bond motifs is 5. The van der Waals surface area contributed by atoms with Crippen molar-refractivity contribution < 1.29 is 9.84 Å². The van der Waals surface area contributed by atoms with E-state index in [0.717, 1.165) is 42.9 Å². The van der Waals surface area contributed by atoms with E-state index < -0.39 is 0 Å². The molecule has 0 radical (unpaired) electrons.